The van der Waals surface area contributed by atoms with E-state index in [1.165, 1.54) is 13.2 Å². The Balaban J connectivity index is 2.22. The predicted octanol–water partition coefficient (Wildman–Crippen LogP) is 2.09. The first-order chi connectivity index (χ1) is 9.48. The Kier molecular flexibility index (Phi) is 4.55. The van der Waals surface area contributed by atoms with E-state index >= 15 is 0 Å². The molecule has 20 heavy (non-hydrogen) atoms. The number of benzene rings is 1. The van der Waals surface area contributed by atoms with E-state index in [2.05, 4.69) is 6.92 Å². The van der Waals surface area contributed by atoms with E-state index in [9.17, 15) is 8.42 Å². The summed E-state index contributed by atoms with van der Waals surface area (Å²) < 4.78 is 31.8. The van der Waals surface area contributed by atoms with Gasteiger partial charge in [0.15, 0.2) is 0 Å². The summed E-state index contributed by atoms with van der Waals surface area (Å²) in [5.41, 5.74) is 6.17. The summed E-state index contributed by atoms with van der Waals surface area (Å²) in [4.78, 5) is 0.249. The quantitative estimate of drug-likeness (QED) is 0.864. The fraction of sp³-hybridized carbons (Fsp3) is 0.571. The van der Waals surface area contributed by atoms with Crippen molar-refractivity contribution in [2.75, 3.05) is 25.9 Å². The Hall–Kier alpha value is -1.27. The molecule has 112 valence electrons. The second-order valence-electron chi connectivity index (χ2n) is 5.16. The summed E-state index contributed by atoms with van der Waals surface area (Å²) in [6.45, 7) is 3.33. The van der Waals surface area contributed by atoms with Gasteiger partial charge in [0.05, 0.1) is 17.7 Å². The first-order valence-electron chi connectivity index (χ1n) is 6.92. The molecule has 0 aromatic heterocycles. The van der Waals surface area contributed by atoms with Gasteiger partial charge in [-0.2, -0.15) is 4.31 Å². The highest BCUT2D eigenvalue weighted by molar-refractivity contribution is 7.89. The van der Waals surface area contributed by atoms with Gasteiger partial charge in [-0.15, -0.1) is 0 Å². The maximum atomic E-state index is 12.6. The molecule has 0 atom stereocenters. The number of piperidine rings is 1. The molecule has 0 radical (unpaired) electrons. The standard InChI is InChI=1S/C14H22N2O3S/c1-3-11-6-8-16(9-7-11)20(17,18)12-4-5-13(15)14(10-12)19-2/h4-5,10-11H,3,6-9,15H2,1-2H3. The van der Waals surface area contributed by atoms with Crippen molar-refractivity contribution in [1.82, 2.24) is 4.31 Å². The molecule has 1 fully saturated rings. The van der Waals surface area contributed by atoms with Gasteiger partial charge in [0, 0.05) is 19.2 Å². The Morgan fingerprint density at radius 1 is 1.35 bits per heavy atom. The molecule has 5 nitrogen and oxygen atoms in total. The van der Waals surface area contributed by atoms with Crippen molar-refractivity contribution in [3.05, 3.63) is 18.2 Å². The van der Waals surface area contributed by atoms with Gasteiger partial charge in [0.25, 0.3) is 0 Å². The van der Waals surface area contributed by atoms with Crippen LogP contribution in [-0.4, -0.2) is 32.9 Å². The predicted molar refractivity (Wildman–Crippen MR) is 79.2 cm³/mol. The number of sulfonamides is 1. The molecule has 1 aromatic rings. The third kappa shape index (κ3) is 2.91. The third-order valence-corrected chi connectivity index (χ3v) is 5.89. The molecule has 0 amide bonds. The van der Waals surface area contributed by atoms with Gasteiger partial charge in [-0.25, -0.2) is 8.42 Å². The topological polar surface area (TPSA) is 72.6 Å². The number of hydrogen-bond donors (Lipinski definition) is 1. The lowest BCUT2D eigenvalue weighted by molar-refractivity contribution is 0.269. The van der Waals surface area contributed by atoms with Crippen molar-refractivity contribution < 1.29 is 13.2 Å². The third-order valence-electron chi connectivity index (χ3n) is 3.99. The van der Waals surface area contributed by atoms with Crippen LogP contribution >= 0.6 is 0 Å². The smallest absolute Gasteiger partial charge is 0.243 e. The first kappa shape index (κ1) is 15.1. The number of ether oxygens (including phenoxy) is 1. The largest absolute Gasteiger partial charge is 0.495 e. The minimum atomic E-state index is -3.45. The SMILES string of the molecule is CCC1CCN(S(=O)(=O)c2ccc(N)c(OC)c2)CC1. The van der Waals surface area contributed by atoms with Crippen LogP contribution in [-0.2, 0) is 10.0 Å². The van der Waals surface area contributed by atoms with E-state index in [0.717, 1.165) is 19.3 Å². The van der Waals surface area contributed by atoms with Crippen LogP contribution in [0.2, 0.25) is 0 Å². The highest BCUT2D eigenvalue weighted by Crippen LogP contribution is 2.29. The monoisotopic (exact) mass is 298 g/mol. The average molecular weight is 298 g/mol. The second kappa shape index (κ2) is 6.01. The van der Waals surface area contributed by atoms with E-state index in [1.54, 1.807) is 16.4 Å². The van der Waals surface area contributed by atoms with Gasteiger partial charge in [0.1, 0.15) is 5.75 Å². The van der Waals surface area contributed by atoms with E-state index in [1.807, 2.05) is 0 Å². The zero-order valence-corrected chi connectivity index (χ0v) is 12.8. The summed E-state index contributed by atoms with van der Waals surface area (Å²) in [5.74, 6) is 1.04. The lowest BCUT2D eigenvalue weighted by Crippen LogP contribution is -2.38. The maximum absolute atomic E-state index is 12.6. The van der Waals surface area contributed by atoms with Crippen molar-refractivity contribution in [1.29, 1.82) is 0 Å². The van der Waals surface area contributed by atoms with E-state index in [4.69, 9.17) is 10.5 Å². The van der Waals surface area contributed by atoms with Crippen LogP contribution in [0.5, 0.6) is 5.75 Å². The number of nitrogen functional groups attached to an aromatic ring is 1. The highest BCUT2D eigenvalue weighted by atomic mass is 32.2. The Morgan fingerprint density at radius 2 is 2.00 bits per heavy atom. The van der Waals surface area contributed by atoms with Gasteiger partial charge >= 0.3 is 0 Å². The molecule has 0 bridgehead atoms. The summed E-state index contributed by atoms with van der Waals surface area (Å²) >= 11 is 0. The number of nitrogens with zero attached hydrogens (tertiary/aromatic N) is 1. The molecule has 1 aliphatic heterocycles. The van der Waals surface area contributed by atoms with Crippen LogP contribution in [0.3, 0.4) is 0 Å². The molecule has 1 aliphatic rings. The zero-order chi connectivity index (χ0) is 14.8. The molecule has 1 saturated heterocycles. The summed E-state index contributed by atoms with van der Waals surface area (Å²) in [7, 11) is -1.96. The van der Waals surface area contributed by atoms with Gasteiger partial charge in [-0.05, 0) is 30.9 Å². The molecule has 1 aromatic carbocycles. The van der Waals surface area contributed by atoms with Crippen molar-refractivity contribution in [3.8, 4) is 5.75 Å². The number of hydrogen-bond acceptors (Lipinski definition) is 4. The molecule has 2 rings (SSSR count). The Morgan fingerprint density at radius 3 is 2.55 bits per heavy atom. The van der Waals surface area contributed by atoms with Crippen molar-refractivity contribution in [2.45, 2.75) is 31.1 Å². The Labute approximate surface area is 120 Å². The summed E-state index contributed by atoms with van der Waals surface area (Å²) in [6, 6.07) is 4.61. The normalized spacial score (nSPS) is 18.1. The maximum Gasteiger partial charge on any atom is 0.243 e. The number of methoxy groups -OCH3 is 1. The minimum absolute atomic E-state index is 0.249. The lowest BCUT2D eigenvalue weighted by atomic mass is 9.96. The van der Waals surface area contributed by atoms with E-state index in [-0.39, 0.29) is 4.90 Å². The van der Waals surface area contributed by atoms with Crippen LogP contribution in [0.1, 0.15) is 26.2 Å². The minimum Gasteiger partial charge on any atom is -0.495 e. The Bertz CT molecular complexity index is 564. The molecule has 0 spiro atoms. The molecule has 1 heterocycles. The molecule has 0 unspecified atom stereocenters. The van der Waals surface area contributed by atoms with Crippen LogP contribution in [0.15, 0.2) is 23.1 Å². The van der Waals surface area contributed by atoms with Crippen molar-refractivity contribution in [2.24, 2.45) is 5.92 Å². The number of nitrogens with two attached hydrogens (primary N) is 1. The van der Waals surface area contributed by atoms with Gasteiger partial charge in [-0.1, -0.05) is 13.3 Å². The molecule has 2 N–H and O–H groups in total. The zero-order valence-electron chi connectivity index (χ0n) is 12.0. The van der Waals surface area contributed by atoms with Gasteiger partial charge < -0.3 is 10.5 Å². The summed E-state index contributed by atoms with van der Waals surface area (Å²) in [5, 5.41) is 0. The molecule has 0 aliphatic carbocycles. The fourth-order valence-corrected chi connectivity index (χ4v) is 4.04. The average Bonchev–Trinajstić information content (AvgIpc) is 2.47. The van der Waals surface area contributed by atoms with Crippen LogP contribution in [0.4, 0.5) is 5.69 Å². The number of anilines is 1. The van der Waals surface area contributed by atoms with Gasteiger partial charge in [-0.3, -0.25) is 0 Å². The number of rotatable bonds is 4. The second-order valence-corrected chi connectivity index (χ2v) is 7.10. The van der Waals surface area contributed by atoms with Crippen LogP contribution in [0.25, 0.3) is 0 Å². The molecular weight excluding hydrogens is 276 g/mol. The lowest BCUT2D eigenvalue weighted by Gasteiger charge is -2.30. The van der Waals surface area contributed by atoms with Crippen molar-refractivity contribution in [3.63, 3.8) is 0 Å². The van der Waals surface area contributed by atoms with Gasteiger partial charge in [0.2, 0.25) is 10.0 Å². The van der Waals surface area contributed by atoms with E-state index < -0.39 is 10.0 Å². The fourth-order valence-electron chi connectivity index (χ4n) is 2.56. The van der Waals surface area contributed by atoms with E-state index in [0.29, 0.717) is 30.4 Å². The molecule has 6 heteroatoms. The highest BCUT2D eigenvalue weighted by Gasteiger charge is 2.29. The molecule has 0 saturated carbocycles. The van der Waals surface area contributed by atoms with Crippen LogP contribution < -0.4 is 10.5 Å². The first-order valence-corrected chi connectivity index (χ1v) is 8.36. The van der Waals surface area contributed by atoms with Crippen molar-refractivity contribution >= 4 is 15.7 Å². The van der Waals surface area contributed by atoms with Crippen LogP contribution in [0, 0.1) is 5.92 Å². The summed E-state index contributed by atoms with van der Waals surface area (Å²) in [6.07, 6.45) is 2.98. The molecular formula is C14H22N2O3S.